The first-order chi connectivity index (χ1) is 17.0. The molecule has 8 nitrogen and oxygen atoms in total. The lowest BCUT2D eigenvalue weighted by Gasteiger charge is -2.31. The van der Waals surface area contributed by atoms with Crippen molar-refractivity contribution in [3.63, 3.8) is 0 Å². The summed E-state index contributed by atoms with van der Waals surface area (Å²) in [6.07, 6.45) is 5.42. The van der Waals surface area contributed by atoms with Gasteiger partial charge in [0, 0.05) is 51.2 Å². The molecule has 35 heavy (non-hydrogen) atoms. The number of β-amino-alcohol motifs (C(OH)–C–C–N with tert-alkyl or cyclic N) is 1. The number of benzene rings is 2. The van der Waals surface area contributed by atoms with Gasteiger partial charge in [0.1, 0.15) is 5.69 Å². The van der Waals surface area contributed by atoms with Crippen LogP contribution in [0.25, 0.3) is 16.9 Å². The van der Waals surface area contributed by atoms with Crippen molar-refractivity contribution >= 4 is 11.6 Å². The lowest BCUT2D eigenvalue weighted by Crippen LogP contribution is -2.42. The SMILES string of the molecule is CN(C[C@H](O)CN1CCc2ccccc2C1)C(=O)c1cn2cc(-c3ccc(C#N)cc3)ncc2n1. The van der Waals surface area contributed by atoms with Gasteiger partial charge in [0.05, 0.1) is 29.6 Å². The van der Waals surface area contributed by atoms with E-state index in [9.17, 15) is 9.90 Å². The van der Waals surface area contributed by atoms with E-state index in [0.717, 1.165) is 25.1 Å². The van der Waals surface area contributed by atoms with Crippen LogP contribution in [0.15, 0.2) is 67.1 Å². The predicted octanol–water partition coefficient (Wildman–Crippen LogP) is 2.76. The topological polar surface area (TPSA) is 97.8 Å². The van der Waals surface area contributed by atoms with E-state index in [-0.39, 0.29) is 12.5 Å². The van der Waals surface area contributed by atoms with Gasteiger partial charge in [0.25, 0.3) is 5.91 Å². The van der Waals surface area contributed by atoms with Crippen LogP contribution in [0, 0.1) is 11.3 Å². The highest BCUT2D eigenvalue weighted by Gasteiger charge is 2.22. The van der Waals surface area contributed by atoms with E-state index >= 15 is 0 Å². The van der Waals surface area contributed by atoms with Gasteiger partial charge < -0.3 is 14.4 Å². The fourth-order valence-electron chi connectivity index (χ4n) is 4.53. The van der Waals surface area contributed by atoms with Crippen molar-refractivity contribution < 1.29 is 9.90 Å². The number of carbonyl (C=O) groups excluding carboxylic acids is 1. The van der Waals surface area contributed by atoms with Gasteiger partial charge in [-0.2, -0.15) is 5.26 Å². The molecule has 2 aromatic carbocycles. The van der Waals surface area contributed by atoms with Crippen LogP contribution >= 0.6 is 0 Å². The molecule has 0 unspecified atom stereocenters. The van der Waals surface area contributed by atoms with Crippen LogP contribution in [0.2, 0.25) is 0 Å². The minimum absolute atomic E-state index is 0.222. The summed E-state index contributed by atoms with van der Waals surface area (Å²) < 4.78 is 1.77. The molecule has 3 heterocycles. The highest BCUT2D eigenvalue weighted by molar-refractivity contribution is 5.92. The highest BCUT2D eigenvalue weighted by Crippen LogP contribution is 2.20. The number of aliphatic hydroxyl groups is 1. The van der Waals surface area contributed by atoms with E-state index in [0.29, 0.717) is 29.1 Å². The molecule has 0 radical (unpaired) electrons. The molecule has 0 fully saturated rings. The zero-order valence-electron chi connectivity index (χ0n) is 19.5. The third kappa shape index (κ3) is 4.92. The Morgan fingerprint density at radius 3 is 2.71 bits per heavy atom. The van der Waals surface area contributed by atoms with Gasteiger partial charge in [-0.3, -0.25) is 14.7 Å². The number of aliphatic hydroxyl groups excluding tert-OH is 1. The van der Waals surface area contributed by atoms with Crippen LogP contribution in [-0.4, -0.2) is 68.0 Å². The van der Waals surface area contributed by atoms with Gasteiger partial charge >= 0.3 is 0 Å². The zero-order chi connectivity index (χ0) is 24.4. The maximum Gasteiger partial charge on any atom is 0.273 e. The van der Waals surface area contributed by atoms with Crippen LogP contribution in [-0.2, 0) is 13.0 Å². The Hall–Kier alpha value is -4.06. The molecule has 4 aromatic rings. The number of carbonyl (C=O) groups is 1. The zero-order valence-corrected chi connectivity index (χ0v) is 19.5. The first kappa shape index (κ1) is 22.7. The second-order valence-electron chi connectivity index (χ2n) is 8.95. The molecule has 5 rings (SSSR count). The van der Waals surface area contributed by atoms with Crippen LogP contribution < -0.4 is 0 Å². The normalized spacial score (nSPS) is 14.3. The smallest absolute Gasteiger partial charge is 0.273 e. The van der Waals surface area contributed by atoms with E-state index < -0.39 is 6.10 Å². The number of imidazole rings is 1. The van der Waals surface area contributed by atoms with Crippen molar-refractivity contribution in [2.75, 3.05) is 26.7 Å². The van der Waals surface area contributed by atoms with Gasteiger partial charge in [-0.25, -0.2) is 4.98 Å². The maximum absolute atomic E-state index is 13.0. The van der Waals surface area contributed by atoms with E-state index in [4.69, 9.17) is 5.26 Å². The number of likely N-dealkylation sites (N-methyl/N-ethyl adjacent to an activating group) is 1. The number of fused-ring (bicyclic) bond motifs is 2. The maximum atomic E-state index is 13.0. The second kappa shape index (κ2) is 9.66. The van der Waals surface area contributed by atoms with Gasteiger partial charge in [0.2, 0.25) is 0 Å². The number of nitriles is 1. The third-order valence-corrected chi connectivity index (χ3v) is 6.38. The third-order valence-electron chi connectivity index (χ3n) is 6.38. The molecule has 0 saturated heterocycles. The minimum atomic E-state index is -0.657. The molecular formula is C27H26N6O2. The average Bonchev–Trinajstić information content (AvgIpc) is 3.31. The first-order valence-corrected chi connectivity index (χ1v) is 11.6. The molecule has 0 aliphatic carbocycles. The van der Waals surface area contributed by atoms with Crippen molar-refractivity contribution in [3.05, 3.63) is 89.5 Å². The molecule has 2 aromatic heterocycles. The van der Waals surface area contributed by atoms with Crippen LogP contribution in [0.4, 0.5) is 0 Å². The van der Waals surface area contributed by atoms with E-state index in [2.05, 4.69) is 39.1 Å². The number of hydrogen-bond acceptors (Lipinski definition) is 6. The fourth-order valence-corrected chi connectivity index (χ4v) is 4.53. The number of rotatable bonds is 6. The number of nitrogens with zero attached hydrogens (tertiary/aromatic N) is 6. The van der Waals surface area contributed by atoms with Gasteiger partial charge in [-0.15, -0.1) is 0 Å². The summed E-state index contributed by atoms with van der Waals surface area (Å²) in [5, 5.41) is 19.6. The summed E-state index contributed by atoms with van der Waals surface area (Å²) in [6, 6.07) is 17.7. The molecule has 1 atom stereocenters. The van der Waals surface area contributed by atoms with Crippen molar-refractivity contribution in [2.45, 2.75) is 19.1 Å². The van der Waals surface area contributed by atoms with Gasteiger partial charge in [0.15, 0.2) is 5.65 Å². The predicted molar refractivity (Wildman–Crippen MR) is 132 cm³/mol. The van der Waals surface area contributed by atoms with Crippen molar-refractivity contribution in [2.24, 2.45) is 0 Å². The summed E-state index contributed by atoms with van der Waals surface area (Å²) in [5.74, 6) is -0.253. The molecule has 0 saturated carbocycles. The summed E-state index contributed by atoms with van der Waals surface area (Å²) in [7, 11) is 1.68. The summed E-state index contributed by atoms with van der Waals surface area (Å²) >= 11 is 0. The second-order valence-corrected chi connectivity index (χ2v) is 8.95. The van der Waals surface area contributed by atoms with Crippen LogP contribution in [0.3, 0.4) is 0 Å². The molecule has 1 aliphatic rings. The largest absolute Gasteiger partial charge is 0.390 e. The Bertz CT molecular complexity index is 1410. The number of aromatic nitrogens is 3. The summed E-state index contributed by atoms with van der Waals surface area (Å²) in [5.41, 5.74) is 5.69. The Morgan fingerprint density at radius 1 is 1.17 bits per heavy atom. The fraction of sp³-hybridized carbons (Fsp3) is 0.259. The van der Waals surface area contributed by atoms with Gasteiger partial charge in [-0.1, -0.05) is 36.4 Å². The van der Waals surface area contributed by atoms with Crippen molar-refractivity contribution in [1.29, 1.82) is 5.26 Å². The van der Waals surface area contributed by atoms with E-state index in [1.807, 2.05) is 24.4 Å². The van der Waals surface area contributed by atoms with E-state index in [1.165, 1.54) is 16.0 Å². The molecule has 0 spiro atoms. The summed E-state index contributed by atoms with van der Waals surface area (Å²) in [4.78, 5) is 25.6. The lowest BCUT2D eigenvalue weighted by molar-refractivity contribution is 0.0565. The van der Waals surface area contributed by atoms with Crippen LogP contribution in [0.5, 0.6) is 0 Å². The monoisotopic (exact) mass is 466 g/mol. The Kier molecular flexibility index (Phi) is 6.27. The highest BCUT2D eigenvalue weighted by atomic mass is 16.3. The van der Waals surface area contributed by atoms with Crippen molar-refractivity contribution in [1.82, 2.24) is 24.2 Å². The number of hydrogen-bond donors (Lipinski definition) is 1. The quantitative estimate of drug-likeness (QED) is 0.469. The van der Waals surface area contributed by atoms with Crippen molar-refractivity contribution in [3.8, 4) is 17.3 Å². The Balaban J connectivity index is 1.23. The molecule has 1 aliphatic heterocycles. The first-order valence-electron chi connectivity index (χ1n) is 11.6. The average molecular weight is 467 g/mol. The molecule has 176 valence electrons. The molecule has 0 bridgehead atoms. The molecule has 1 N–H and O–H groups in total. The van der Waals surface area contributed by atoms with Crippen LogP contribution in [0.1, 0.15) is 27.2 Å². The Morgan fingerprint density at radius 2 is 1.94 bits per heavy atom. The Labute approximate surface area is 203 Å². The molecule has 1 amide bonds. The summed E-state index contributed by atoms with van der Waals surface area (Å²) in [6.45, 7) is 2.44. The molecular weight excluding hydrogens is 440 g/mol. The van der Waals surface area contributed by atoms with E-state index in [1.54, 1.807) is 36.0 Å². The standard InChI is InChI=1S/C27H26N6O2/c1-31(15-23(34)16-32-11-10-20-4-2-3-5-22(20)14-32)27(35)25-18-33-17-24(29-13-26(33)30-25)21-8-6-19(12-28)7-9-21/h2-9,13,17-18,23,34H,10-11,14-16H2,1H3/t23-/m0/s1. The lowest BCUT2D eigenvalue weighted by atomic mass is 10.00. The minimum Gasteiger partial charge on any atom is -0.390 e. The molecule has 8 heteroatoms. The number of amides is 1. The van der Waals surface area contributed by atoms with Gasteiger partial charge in [-0.05, 0) is 29.7 Å².